The SMILES string of the molecule is CCc1nc2c(C)cc(N/C(=N\S(C)(=O)=O)N(C)C)cc2n1Cc1ccc(-c2ccccc2-c2nnn[nH]2)cc1. The van der Waals surface area contributed by atoms with Gasteiger partial charge in [-0.1, -0.05) is 55.5 Å². The zero-order valence-corrected chi connectivity index (χ0v) is 23.9. The molecule has 0 aliphatic rings. The number of fused-ring (bicyclic) bond motifs is 1. The molecule has 11 nitrogen and oxygen atoms in total. The number of rotatable bonds is 7. The molecule has 40 heavy (non-hydrogen) atoms. The summed E-state index contributed by atoms with van der Waals surface area (Å²) in [6.07, 6.45) is 1.84. The molecule has 0 fully saturated rings. The lowest BCUT2D eigenvalue weighted by Crippen LogP contribution is -2.30. The molecule has 3 aromatic carbocycles. The number of sulfonamides is 1. The van der Waals surface area contributed by atoms with Crippen molar-refractivity contribution in [1.29, 1.82) is 0 Å². The number of guanidine groups is 1. The van der Waals surface area contributed by atoms with Crippen molar-refractivity contribution >= 4 is 32.7 Å². The van der Waals surface area contributed by atoms with E-state index in [1.165, 1.54) is 0 Å². The number of imidazole rings is 1. The average molecular weight is 558 g/mol. The van der Waals surface area contributed by atoms with Crippen LogP contribution < -0.4 is 5.32 Å². The van der Waals surface area contributed by atoms with Gasteiger partial charge in [-0.3, -0.25) is 0 Å². The molecule has 0 amide bonds. The first-order valence-corrected chi connectivity index (χ1v) is 14.6. The highest BCUT2D eigenvalue weighted by molar-refractivity contribution is 7.89. The van der Waals surface area contributed by atoms with Crippen LogP contribution in [0, 0.1) is 6.92 Å². The Morgan fingerprint density at radius 1 is 1.07 bits per heavy atom. The highest BCUT2D eigenvalue weighted by atomic mass is 32.2. The van der Waals surface area contributed by atoms with Gasteiger partial charge in [-0.2, -0.15) is 0 Å². The zero-order valence-electron chi connectivity index (χ0n) is 23.0. The van der Waals surface area contributed by atoms with Crippen LogP contribution in [0.3, 0.4) is 0 Å². The van der Waals surface area contributed by atoms with Crippen molar-refractivity contribution in [1.82, 2.24) is 35.1 Å². The molecular weight excluding hydrogens is 526 g/mol. The summed E-state index contributed by atoms with van der Waals surface area (Å²) in [5.41, 5.74) is 7.75. The first kappa shape index (κ1) is 27.0. The van der Waals surface area contributed by atoms with Crippen molar-refractivity contribution in [3.8, 4) is 22.5 Å². The van der Waals surface area contributed by atoms with Crippen molar-refractivity contribution in [3.63, 3.8) is 0 Å². The van der Waals surface area contributed by atoms with Gasteiger partial charge in [-0.25, -0.2) is 18.5 Å². The van der Waals surface area contributed by atoms with Crippen LogP contribution in [-0.2, 0) is 23.0 Å². The second-order valence-electron chi connectivity index (χ2n) is 9.79. The van der Waals surface area contributed by atoms with E-state index in [0.717, 1.165) is 63.0 Å². The number of anilines is 1. The number of H-pyrrole nitrogens is 1. The van der Waals surface area contributed by atoms with Gasteiger partial charge in [0.05, 0.1) is 17.3 Å². The summed E-state index contributed by atoms with van der Waals surface area (Å²) in [4.78, 5) is 6.56. The maximum absolute atomic E-state index is 11.8. The van der Waals surface area contributed by atoms with Crippen LogP contribution in [0.2, 0.25) is 0 Å². The molecule has 0 radical (unpaired) electrons. The number of hydrogen-bond acceptors (Lipinski definition) is 6. The lowest BCUT2D eigenvalue weighted by Gasteiger charge is -2.18. The largest absolute Gasteiger partial charge is 0.348 e. The molecule has 2 N–H and O–H groups in total. The van der Waals surface area contributed by atoms with Crippen molar-refractivity contribution in [3.05, 3.63) is 77.6 Å². The Labute approximate surface area is 233 Å². The minimum Gasteiger partial charge on any atom is -0.348 e. The summed E-state index contributed by atoms with van der Waals surface area (Å²) in [5, 5.41) is 17.5. The summed E-state index contributed by atoms with van der Waals surface area (Å²) >= 11 is 0. The molecule has 0 spiro atoms. The Morgan fingerprint density at radius 3 is 2.42 bits per heavy atom. The van der Waals surface area contributed by atoms with Crippen LogP contribution in [0.5, 0.6) is 0 Å². The molecule has 0 aliphatic heterocycles. The Kier molecular flexibility index (Phi) is 7.35. The summed E-state index contributed by atoms with van der Waals surface area (Å²) in [6.45, 7) is 4.73. The minimum absolute atomic E-state index is 0.236. The van der Waals surface area contributed by atoms with Crippen molar-refractivity contribution < 1.29 is 8.42 Å². The molecule has 0 bridgehead atoms. The number of aromatic nitrogens is 6. The standard InChI is InChI=1S/C28H31N9O2S/c1-6-25-30-26-18(2)15-21(29-28(36(3)4)33-40(5,38)39)16-24(26)37(25)17-19-11-13-20(14-12-19)22-9-7-8-10-23(22)27-31-34-35-32-27/h7-16H,6,17H2,1-5H3,(H,29,33)(H,31,32,34,35). The van der Waals surface area contributed by atoms with Crippen LogP contribution in [0.1, 0.15) is 23.9 Å². The van der Waals surface area contributed by atoms with E-state index in [-0.39, 0.29) is 5.96 Å². The lowest BCUT2D eigenvalue weighted by atomic mass is 9.98. The van der Waals surface area contributed by atoms with Gasteiger partial charge < -0.3 is 14.8 Å². The average Bonchev–Trinajstić information content (AvgIpc) is 3.57. The predicted octanol–water partition coefficient (Wildman–Crippen LogP) is 4.09. The fourth-order valence-corrected chi connectivity index (χ4v) is 5.17. The van der Waals surface area contributed by atoms with Crippen LogP contribution in [-0.4, -0.2) is 69.8 Å². The first-order valence-electron chi connectivity index (χ1n) is 12.8. The van der Waals surface area contributed by atoms with Gasteiger partial charge >= 0.3 is 0 Å². The summed E-state index contributed by atoms with van der Waals surface area (Å²) in [7, 11) is -0.0895. The van der Waals surface area contributed by atoms with Crippen LogP contribution in [0.15, 0.2) is 65.1 Å². The molecule has 5 aromatic rings. The first-order chi connectivity index (χ1) is 19.1. The Bertz CT molecular complexity index is 1790. The fraction of sp³-hybridized carbons (Fsp3) is 0.250. The van der Waals surface area contributed by atoms with Crippen LogP contribution in [0.4, 0.5) is 5.69 Å². The number of hydrogen-bond donors (Lipinski definition) is 2. The highest BCUT2D eigenvalue weighted by Crippen LogP contribution is 2.31. The van der Waals surface area contributed by atoms with E-state index in [2.05, 4.69) is 72.2 Å². The molecular formula is C28H31N9O2S. The molecule has 5 rings (SSSR count). The summed E-state index contributed by atoms with van der Waals surface area (Å²) < 4.78 is 29.7. The van der Waals surface area contributed by atoms with Gasteiger partial charge in [-0.05, 0) is 51.7 Å². The molecule has 0 aliphatic carbocycles. The topological polar surface area (TPSA) is 134 Å². The number of benzene rings is 3. The van der Waals surface area contributed by atoms with E-state index in [0.29, 0.717) is 12.4 Å². The molecule has 2 heterocycles. The normalized spacial score (nSPS) is 12.2. The molecule has 2 aromatic heterocycles. The van der Waals surface area contributed by atoms with Crippen molar-refractivity contribution in [2.75, 3.05) is 25.7 Å². The van der Waals surface area contributed by atoms with Gasteiger partial charge in [-0.15, -0.1) is 9.50 Å². The maximum atomic E-state index is 11.8. The quantitative estimate of drug-likeness (QED) is 0.226. The number of aryl methyl sites for hydroxylation is 2. The number of aromatic amines is 1. The third-order valence-electron chi connectivity index (χ3n) is 6.51. The predicted molar refractivity (Wildman–Crippen MR) is 158 cm³/mol. The number of nitrogens with zero attached hydrogens (tertiary/aromatic N) is 7. The zero-order chi connectivity index (χ0) is 28.4. The van der Waals surface area contributed by atoms with Crippen molar-refractivity contribution in [2.45, 2.75) is 26.8 Å². The molecule has 12 heteroatoms. The van der Waals surface area contributed by atoms with Gasteiger partial charge in [0.25, 0.3) is 10.0 Å². The molecule has 0 unspecified atom stereocenters. The monoisotopic (exact) mass is 557 g/mol. The van der Waals surface area contributed by atoms with Gasteiger partial charge in [0.15, 0.2) is 5.82 Å². The summed E-state index contributed by atoms with van der Waals surface area (Å²) in [5.74, 6) is 1.83. The van der Waals surface area contributed by atoms with Crippen LogP contribution in [0.25, 0.3) is 33.5 Å². The van der Waals surface area contributed by atoms with E-state index >= 15 is 0 Å². The smallest absolute Gasteiger partial charge is 0.253 e. The number of nitrogens with one attached hydrogen (secondary N) is 2. The van der Waals surface area contributed by atoms with E-state index < -0.39 is 10.0 Å². The van der Waals surface area contributed by atoms with Crippen LogP contribution >= 0.6 is 0 Å². The highest BCUT2D eigenvalue weighted by Gasteiger charge is 2.16. The summed E-state index contributed by atoms with van der Waals surface area (Å²) in [6, 6.07) is 20.4. The third kappa shape index (κ3) is 5.71. The van der Waals surface area contributed by atoms with E-state index in [4.69, 9.17) is 4.98 Å². The van der Waals surface area contributed by atoms with Gasteiger partial charge in [0, 0.05) is 38.3 Å². The molecule has 0 saturated carbocycles. The van der Waals surface area contributed by atoms with Gasteiger partial charge in [0.1, 0.15) is 5.82 Å². The Balaban J connectivity index is 1.49. The van der Waals surface area contributed by atoms with E-state index in [9.17, 15) is 8.42 Å². The third-order valence-corrected chi connectivity index (χ3v) is 7.01. The molecule has 206 valence electrons. The second-order valence-corrected chi connectivity index (χ2v) is 11.4. The Morgan fingerprint density at radius 2 is 1.80 bits per heavy atom. The lowest BCUT2D eigenvalue weighted by molar-refractivity contribution is 0.596. The van der Waals surface area contributed by atoms with E-state index in [1.54, 1.807) is 19.0 Å². The second kappa shape index (κ2) is 10.9. The number of tetrazole rings is 1. The van der Waals surface area contributed by atoms with E-state index in [1.807, 2.05) is 37.3 Å². The maximum Gasteiger partial charge on any atom is 0.253 e. The van der Waals surface area contributed by atoms with Gasteiger partial charge in [0.2, 0.25) is 5.96 Å². The molecule has 0 saturated heterocycles. The molecule has 0 atom stereocenters. The minimum atomic E-state index is -3.57. The van der Waals surface area contributed by atoms with Crippen molar-refractivity contribution in [2.24, 2.45) is 4.40 Å². The fourth-order valence-electron chi connectivity index (χ4n) is 4.65. The Hall–Kier alpha value is -4.58.